The molecule has 3 nitrogen and oxygen atoms in total. The summed E-state index contributed by atoms with van der Waals surface area (Å²) in [7, 11) is 0. The molecule has 3 heteroatoms. The quantitative estimate of drug-likeness (QED) is 0.696. The molecule has 0 fully saturated rings. The van der Waals surface area contributed by atoms with Crippen molar-refractivity contribution in [3.63, 3.8) is 0 Å². The molecule has 0 radical (unpaired) electrons. The highest BCUT2D eigenvalue weighted by Crippen LogP contribution is 2.09. The minimum Gasteiger partial charge on any atom is -0.135 e. The number of rotatable bonds is 2. The normalized spacial score (nSPS) is 8.23. The first kappa shape index (κ1) is 11.5. The molecular weight excluding hydrogens is 162 g/mol. The molecule has 70 valence electrons. The SMILES string of the molecule is C=Cc1nnnc(C)c1C=C.CC. The molecule has 0 aliphatic rings. The summed E-state index contributed by atoms with van der Waals surface area (Å²) in [6.45, 7) is 13.1. The Morgan fingerprint density at radius 2 is 1.69 bits per heavy atom. The third-order valence-electron chi connectivity index (χ3n) is 1.41. The minimum atomic E-state index is 0.729. The first-order valence-corrected chi connectivity index (χ1v) is 4.24. The van der Waals surface area contributed by atoms with E-state index in [2.05, 4.69) is 28.6 Å². The standard InChI is InChI=1S/C8H9N3.C2H6/c1-4-7-6(3)9-11-10-8(7)5-2;1-2/h4-5H,1-2H2,3H3;1-2H3. The third kappa shape index (κ3) is 2.78. The molecular formula is C10H15N3. The van der Waals surface area contributed by atoms with Crippen molar-refractivity contribution in [2.75, 3.05) is 0 Å². The van der Waals surface area contributed by atoms with Crippen LogP contribution in [0.25, 0.3) is 12.2 Å². The van der Waals surface area contributed by atoms with Gasteiger partial charge in [-0.25, -0.2) is 0 Å². The van der Waals surface area contributed by atoms with Crippen LogP contribution < -0.4 is 0 Å². The van der Waals surface area contributed by atoms with Crippen molar-refractivity contribution in [2.45, 2.75) is 20.8 Å². The van der Waals surface area contributed by atoms with E-state index in [0.29, 0.717) is 0 Å². The topological polar surface area (TPSA) is 38.7 Å². The Bertz CT molecular complexity index is 292. The van der Waals surface area contributed by atoms with E-state index in [1.165, 1.54) is 0 Å². The van der Waals surface area contributed by atoms with Gasteiger partial charge in [-0.05, 0) is 18.2 Å². The summed E-state index contributed by atoms with van der Waals surface area (Å²) in [6, 6.07) is 0. The highest BCUT2D eigenvalue weighted by molar-refractivity contribution is 5.61. The summed E-state index contributed by atoms with van der Waals surface area (Å²) in [5.41, 5.74) is 2.45. The number of hydrogen-bond acceptors (Lipinski definition) is 3. The maximum atomic E-state index is 3.78. The molecule has 1 heterocycles. The van der Waals surface area contributed by atoms with Crippen LogP contribution >= 0.6 is 0 Å². The van der Waals surface area contributed by atoms with Gasteiger partial charge in [0.25, 0.3) is 0 Å². The highest BCUT2D eigenvalue weighted by atomic mass is 15.3. The molecule has 1 rings (SSSR count). The van der Waals surface area contributed by atoms with E-state index < -0.39 is 0 Å². The second-order valence-electron chi connectivity index (χ2n) is 2.08. The predicted molar refractivity (Wildman–Crippen MR) is 56.1 cm³/mol. The Kier molecular flexibility index (Phi) is 5.35. The molecule has 13 heavy (non-hydrogen) atoms. The lowest BCUT2D eigenvalue weighted by atomic mass is 10.2. The van der Waals surface area contributed by atoms with Gasteiger partial charge in [-0.15, -0.1) is 10.2 Å². The van der Waals surface area contributed by atoms with Gasteiger partial charge in [0.2, 0.25) is 0 Å². The Morgan fingerprint density at radius 3 is 2.08 bits per heavy atom. The number of hydrogen-bond donors (Lipinski definition) is 0. The summed E-state index contributed by atoms with van der Waals surface area (Å²) in [5, 5.41) is 11.1. The van der Waals surface area contributed by atoms with Gasteiger partial charge in [-0.1, -0.05) is 33.1 Å². The zero-order valence-electron chi connectivity index (χ0n) is 8.41. The second-order valence-corrected chi connectivity index (χ2v) is 2.08. The van der Waals surface area contributed by atoms with Crippen LogP contribution in [-0.4, -0.2) is 15.4 Å². The zero-order chi connectivity index (χ0) is 10.3. The molecule has 0 spiro atoms. The fourth-order valence-electron chi connectivity index (χ4n) is 0.834. The molecule has 0 saturated carbocycles. The Morgan fingerprint density at radius 1 is 1.08 bits per heavy atom. The minimum absolute atomic E-state index is 0.729. The van der Waals surface area contributed by atoms with Crippen LogP contribution in [0.2, 0.25) is 0 Å². The third-order valence-corrected chi connectivity index (χ3v) is 1.41. The van der Waals surface area contributed by atoms with Crippen molar-refractivity contribution in [2.24, 2.45) is 0 Å². The van der Waals surface area contributed by atoms with Gasteiger partial charge in [0.05, 0.1) is 11.4 Å². The summed E-state index contributed by atoms with van der Waals surface area (Å²) in [4.78, 5) is 0. The van der Waals surface area contributed by atoms with E-state index in [1.807, 2.05) is 20.8 Å². The summed E-state index contributed by atoms with van der Waals surface area (Å²) < 4.78 is 0. The van der Waals surface area contributed by atoms with Gasteiger partial charge in [-0.3, -0.25) is 0 Å². The number of aryl methyl sites for hydroxylation is 1. The number of aromatic nitrogens is 3. The lowest BCUT2D eigenvalue weighted by molar-refractivity contribution is 0.829. The van der Waals surface area contributed by atoms with Crippen LogP contribution in [0.5, 0.6) is 0 Å². The summed E-state index contributed by atoms with van der Waals surface area (Å²) in [6.07, 6.45) is 3.34. The molecule has 0 unspecified atom stereocenters. The first-order chi connectivity index (χ1) is 6.29. The Balaban J connectivity index is 0.000000671. The van der Waals surface area contributed by atoms with E-state index in [-0.39, 0.29) is 0 Å². The monoisotopic (exact) mass is 177 g/mol. The fourth-order valence-corrected chi connectivity index (χ4v) is 0.834. The van der Waals surface area contributed by atoms with Gasteiger partial charge >= 0.3 is 0 Å². The molecule has 0 N–H and O–H groups in total. The van der Waals surface area contributed by atoms with E-state index in [0.717, 1.165) is 17.0 Å². The van der Waals surface area contributed by atoms with Gasteiger partial charge in [0.1, 0.15) is 0 Å². The largest absolute Gasteiger partial charge is 0.135 e. The zero-order valence-corrected chi connectivity index (χ0v) is 8.41. The average Bonchev–Trinajstić information content (AvgIpc) is 2.20. The van der Waals surface area contributed by atoms with Crippen molar-refractivity contribution in [1.82, 2.24) is 15.4 Å². The Hall–Kier alpha value is -1.51. The van der Waals surface area contributed by atoms with Crippen LogP contribution in [-0.2, 0) is 0 Å². The molecule has 0 aliphatic carbocycles. The molecule has 0 saturated heterocycles. The first-order valence-electron chi connectivity index (χ1n) is 4.24. The van der Waals surface area contributed by atoms with Crippen molar-refractivity contribution in [1.29, 1.82) is 0 Å². The van der Waals surface area contributed by atoms with Crippen molar-refractivity contribution >= 4 is 12.2 Å². The Labute approximate surface area is 79.2 Å². The molecule has 0 aromatic carbocycles. The molecule has 1 aromatic heterocycles. The van der Waals surface area contributed by atoms with Crippen LogP contribution in [0.15, 0.2) is 13.2 Å². The second kappa shape index (κ2) is 6.06. The van der Waals surface area contributed by atoms with E-state index in [9.17, 15) is 0 Å². The highest BCUT2D eigenvalue weighted by Gasteiger charge is 2.00. The van der Waals surface area contributed by atoms with E-state index in [1.54, 1.807) is 12.2 Å². The fraction of sp³-hybridized carbons (Fsp3) is 0.300. The lowest BCUT2D eigenvalue weighted by Gasteiger charge is -1.98. The molecule has 0 aliphatic heterocycles. The molecule has 0 bridgehead atoms. The van der Waals surface area contributed by atoms with Gasteiger partial charge in [0.15, 0.2) is 0 Å². The number of nitrogens with zero attached hydrogens (tertiary/aromatic N) is 3. The lowest BCUT2D eigenvalue weighted by Crippen LogP contribution is -1.97. The van der Waals surface area contributed by atoms with E-state index in [4.69, 9.17) is 0 Å². The maximum absolute atomic E-state index is 3.78. The van der Waals surface area contributed by atoms with Crippen molar-refractivity contribution in [3.05, 3.63) is 30.1 Å². The smallest absolute Gasteiger partial charge is 0.0960 e. The van der Waals surface area contributed by atoms with E-state index >= 15 is 0 Å². The van der Waals surface area contributed by atoms with Crippen LogP contribution in [0.1, 0.15) is 30.8 Å². The van der Waals surface area contributed by atoms with Gasteiger partial charge in [-0.2, -0.15) is 0 Å². The molecule has 0 amide bonds. The summed E-state index contributed by atoms with van der Waals surface area (Å²) >= 11 is 0. The predicted octanol–water partition coefficient (Wildman–Crippen LogP) is 2.49. The molecule has 0 atom stereocenters. The van der Waals surface area contributed by atoms with Gasteiger partial charge in [0, 0.05) is 5.56 Å². The van der Waals surface area contributed by atoms with Crippen molar-refractivity contribution in [3.8, 4) is 0 Å². The molecule has 1 aromatic rings. The van der Waals surface area contributed by atoms with Gasteiger partial charge < -0.3 is 0 Å². The maximum Gasteiger partial charge on any atom is 0.0960 e. The van der Waals surface area contributed by atoms with Crippen LogP contribution in [0.3, 0.4) is 0 Å². The summed E-state index contributed by atoms with van der Waals surface area (Å²) in [5.74, 6) is 0. The van der Waals surface area contributed by atoms with Crippen LogP contribution in [0.4, 0.5) is 0 Å². The average molecular weight is 177 g/mol. The van der Waals surface area contributed by atoms with Crippen molar-refractivity contribution < 1.29 is 0 Å². The van der Waals surface area contributed by atoms with Crippen LogP contribution in [0, 0.1) is 6.92 Å².